The molecule has 1 aromatic rings. The van der Waals surface area contributed by atoms with Crippen molar-refractivity contribution in [3.05, 3.63) is 30.1 Å². The maximum Gasteiger partial charge on any atom is 0.326 e. The quantitative estimate of drug-likeness (QED) is 0.848. The van der Waals surface area contributed by atoms with Gasteiger partial charge in [-0.05, 0) is 31.9 Å². The number of carboxylic acids is 1. The van der Waals surface area contributed by atoms with Gasteiger partial charge in [-0.1, -0.05) is 0 Å². The Kier molecular flexibility index (Phi) is 3.08. The van der Waals surface area contributed by atoms with Gasteiger partial charge in [0.2, 0.25) is 0 Å². The maximum absolute atomic E-state index is 12.2. The lowest BCUT2D eigenvalue weighted by Gasteiger charge is -2.26. The molecule has 0 bridgehead atoms. The molecule has 90 valence electrons. The summed E-state index contributed by atoms with van der Waals surface area (Å²) in [6, 6.07) is 2.49. The van der Waals surface area contributed by atoms with Crippen molar-refractivity contribution in [3.63, 3.8) is 0 Å². The number of pyridine rings is 1. The van der Waals surface area contributed by atoms with E-state index in [1.54, 1.807) is 19.1 Å². The molecular weight excluding hydrogens is 220 g/mol. The Morgan fingerprint density at radius 2 is 2.00 bits per heavy atom. The van der Waals surface area contributed by atoms with Gasteiger partial charge in [0.05, 0.1) is 0 Å². The summed E-state index contributed by atoms with van der Waals surface area (Å²) in [6.45, 7) is 1.54. The molecule has 1 N–H and O–H groups in total. The average Bonchev–Trinajstić information content (AvgIpc) is 3.14. The Labute approximate surface area is 99.1 Å². The zero-order chi connectivity index (χ0) is 12.4. The lowest BCUT2D eigenvalue weighted by atomic mass is 10.2. The largest absolute Gasteiger partial charge is 0.480 e. The average molecular weight is 234 g/mol. The zero-order valence-corrected chi connectivity index (χ0v) is 9.54. The molecule has 0 radical (unpaired) electrons. The van der Waals surface area contributed by atoms with Crippen LogP contribution in [0.3, 0.4) is 0 Å². The lowest BCUT2D eigenvalue weighted by Crippen LogP contribution is -2.44. The third kappa shape index (κ3) is 2.43. The number of aliphatic carboxylic acids is 1. The topological polar surface area (TPSA) is 70.5 Å². The summed E-state index contributed by atoms with van der Waals surface area (Å²) in [6.07, 6.45) is 4.83. The first-order valence-electron chi connectivity index (χ1n) is 5.56. The van der Waals surface area contributed by atoms with Gasteiger partial charge in [-0.3, -0.25) is 9.78 Å². The van der Waals surface area contributed by atoms with Gasteiger partial charge in [-0.2, -0.15) is 0 Å². The molecule has 5 heteroatoms. The zero-order valence-electron chi connectivity index (χ0n) is 9.54. The van der Waals surface area contributed by atoms with Crippen molar-refractivity contribution in [2.24, 2.45) is 0 Å². The Morgan fingerprint density at radius 3 is 2.47 bits per heavy atom. The van der Waals surface area contributed by atoms with Gasteiger partial charge in [0.15, 0.2) is 0 Å². The van der Waals surface area contributed by atoms with Crippen LogP contribution in [-0.4, -0.2) is 39.0 Å². The van der Waals surface area contributed by atoms with Crippen molar-refractivity contribution in [1.82, 2.24) is 9.88 Å². The molecule has 0 spiro atoms. The molecule has 1 aromatic heterocycles. The molecule has 0 aliphatic heterocycles. The van der Waals surface area contributed by atoms with Gasteiger partial charge in [0, 0.05) is 24.0 Å². The molecule has 1 atom stereocenters. The summed E-state index contributed by atoms with van der Waals surface area (Å²) < 4.78 is 0. The van der Waals surface area contributed by atoms with E-state index in [0.717, 1.165) is 12.8 Å². The predicted molar refractivity (Wildman–Crippen MR) is 60.5 cm³/mol. The van der Waals surface area contributed by atoms with Gasteiger partial charge in [0.25, 0.3) is 5.91 Å². The number of hydrogen-bond donors (Lipinski definition) is 1. The van der Waals surface area contributed by atoms with E-state index in [1.807, 2.05) is 0 Å². The van der Waals surface area contributed by atoms with E-state index in [1.165, 1.54) is 17.3 Å². The molecule has 2 rings (SSSR count). The number of rotatable bonds is 4. The van der Waals surface area contributed by atoms with Crippen molar-refractivity contribution in [2.75, 3.05) is 0 Å². The number of carboxylic acid groups (broad SMARTS) is 1. The number of carbonyl (C=O) groups is 2. The molecule has 1 unspecified atom stereocenters. The first-order chi connectivity index (χ1) is 8.11. The summed E-state index contributed by atoms with van der Waals surface area (Å²) in [5.41, 5.74) is 0.486. The third-order valence-electron chi connectivity index (χ3n) is 2.88. The van der Waals surface area contributed by atoms with E-state index in [9.17, 15) is 9.59 Å². The molecule has 0 aromatic carbocycles. The van der Waals surface area contributed by atoms with Gasteiger partial charge in [-0.25, -0.2) is 4.79 Å². The SMILES string of the molecule is CC(C(=O)O)N(C(=O)c1ccncc1)C1CC1. The van der Waals surface area contributed by atoms with Crippen LogP contribution >= 0.6 is 0 Å². The van der Waals surface area contributed by atoms with E-state index in [4.69, 9.17) is 5.11 Å². The smallest absolute Gasteiger partial charge is 0.326 e. The third-order valence-corrected chi connectivity index (χ3v) is 2.88. The van der Waals surface area contributed by atoms with Crippen molar-refractivity contribution in [1.29, 1.82) is 0 Å². The first-order valence-corrected chi connectivity index (χ1v) is 5.56. The summed E-state index contributed by atoms with van der Waals surface area (Å²) in [7, 11) is 0. The van der Waals surface area contributed by atoms with Crippen LogP contribution in [0.2, 0.25) is 0 Å². The monoisotopic (exact) mass is 234 g/mol. The Balaban J connectivity index is 2.22. The number of hydrogen-bond acceptors (Lipinski definition) is 3. The van der Waals surface area contributed by atoms with Crippen LogP contribution in [0.15, 0.2) is 24.5 Å². The molecule has 0 saturated heterocycles. The maximum atomic E-state index is 12.2. The number of nitrogens with zero attached hydrogens (tertiary/aromatic N) is 2. The highest BCUT2D eigenvalue weighted by atomic mass is 16.4. The molecular formula is C12H14N2O3. The Bertz CT molecular complexity index is 429. The second kappa shape index (κ2) is 4.53. The van der Waals surface area contributed by atoms with Crippen LogP contribution in [0.4, 0.5) is 0 Å². The molecule has 1 amide bonds. The van der Waals surface area contributed by atoms with E-state index in [-0.39, 0.29) is 11.9 Å². The van der Waals surface area contributed by atoms with Crippen LogP contribution in [0.5, 0.6) is 0 Å². The van der Waals surface area contributed by atoms with E-state index in [0.29, 0.717) is 5.56 Å². The van der Waals surface area contributed by atoms with Crippen molar-refractivity contribution < 1.29 is 14.7 Å². The molecule has 1 heterocycles. The number of carbonyl (C=O) groups excluding carboxylic acids is 1. The lowest BCUT2D eigenvalue weighted by molar-refractivity contribution is -0.141. The minimum absolute atomic E-state index is 0.0711. The summed E-state index contributed by atoms with van der Waals surface area (Å²) >= 11 is 0. The Morgan fingerprint density at radius 1 is 1.41 bits per heavy atom. The molecule has 1 saturated carbocycles. The van der Waals surface area contributed by atoms with Gasteiger partial charge < -0.3 is 10.0 Å². The summed E-state index contributed by atoms with van der Waals surface area (Å²) in [5, 5.41) is 9.02. The Hall–Kier alpha value is -1.91. The summed E-state index contributed by atoms with van der Waals surface area (Å²) in [4.78, 5) is 28.5. The minimum atomic E-state index is -0.973. The molecule has 1 aliphatic carbocycles. The fourth-order valence-corrected chi connectivity index (χ4v) is 1.77. The van der Waals surface area contributed by atoms with Crippen LogP contribution in [0.25, 0.3) is 0 Å². The van der Waals surface area contributed by atoms with Crippen LogP contribution in [0, 0.1) is 0 Å². The van der Waals surface area contributed by atoms with E-state index in [2.05, 4.69) is 4.98 Å². The highest BCUT2D eigenvalue weighted by Gasteiger charge is 2.38. The number of amides is 1. The normalized spacial score (nSPS) is 16.3. The fraction of sp³-hybridized carbons (Fsp3) is 0.417. The van der Waals surface area contributed by atoms with E-state index < -0.39 is 12.0 Å². The highest BCUT2D eigenvalue weighted by molar-refractivity contribution is 5.96. The fourth-order valence-electron chi connectivity index (χ4n) is 1.77. The standard InChI is InChI=1S/C12H14N2O3/c1-8(12(16)17)14(10-2-3-10)11(15)9-4-6-13-7-5-9/h4-8,10H,2-3H2,1H3,(H,16,17). The summed E-state index contributed by atoms with van der Waals surface area (Å²) in [5.74, 6) is -1.20. The minimum Gasteiger partial charge on any atom is -0.480 e. The van der Waals surface area contributed by atoms with Gasteiger partial charge >= 0.3 is 5.97 Å². The van der Waals surface area contributed by atoms with Gasteiger partial charge in [0.1, 0.15) is 6.04 Å². The molecule has 5 nitrogen and oxygen atoms in total. The molecule has 1 aliphatic rings. The second-order valence-corrected chi connectivity index (χ2v) is 4.19. The van der Waals surface area contributed by atoms with Crippen molar-refractivity contribution >= 4 is 11.9 Å². The molecule has 17 heavy (non-hydrogen) atoms. The van der Waals surface area contributed by atoms with Crippen LogP contribution in [0.1, 0.15) is 30.1 Å². The second-order valence-electron chi connectivity index (χ2n) is 4.19. The van der Waals surface area contributed by atoms with Crippen molar-refractivity contribution in [3.8, 4) is 0 Å². The van der Waals surface area contributed by atoms with Crippen LogP contribution in [-0.2, 0) is 4.79 Å². The van der Waals surface area contributed by atoms with Gasteiger partial charge in [-0.15, -0.1) is 0 Å². The highest BCUT2D eigenvalue weighted by Crippen LogP contribution is 2.30. The molecule has 1 fully saturated rings. The van der Waals surface area contributed by atoms with Crippen molar-refractivity contribution in [2.45, 2.75) is 31.8 Å². The van der Waals surface area contributed by atoms with E-state index >= 15 is 0 Å². The number of aromatic nitrogens is 1. The first kappa shape index (κ1) is 11.6. The predicted octanol–water partition coefficient (Wildman–Crippen LogP) is 1.16. The van der Waals surface area contributed by atoms with Crippen LogP contribution < -0.4 is 0 Å².